The summed E-state index contributed by atoms with van der Waals surface area (Å²) in [5, 5.41) is 12.3. The van der Waals surface area contributed by atoms with E-state index in [0.717, 1.165) is 15.8 Å². The van der Waals surface area contributed by atoms with E-state index in [9.17, 15) is 4.79 Å². The summed E-state index contributed by atoms with van der Waals surface area (Å²) in [6, 6.07) is 9.39. The lowest BCUT2D eigenvalue weighted by molar-refractivity contribution is 0.0599. The molecule has 0 fully saturated rings. The number of rotatable bonds is 8. The zero-order valence-electron chi connectivity index (χ0n) is 15.1. The van der Waals surface area contributed by atoms with Gasteiger partial charge >= 0.3 is 5.97 Å². The normalized spacial score (nSPS) is 10.6. The molecule has 3 aromatic rings. The Balaban J connectivity index is 1.63. The second-order valence-electron chi connectivity index (χ2n) is 5.39. The van der Waals surface area contributed by atoms with Gasteiger partial charge in [-0.3, -0.25) is 0 Å². The highest BCUT2D eigenvalue weighted by Crippen LogP contribution is 2.33. The maximum Gasteiger partial charge on any atom is 0.341 e. The van der Waals surface area contributed by atoms with Crippen molar-refractivity contribution in [3.8, 4) is 5.75 Å². The molecule has 1 N–H and O–H groups in total. The first-order chi connectivity index (χ1) is 13.1. The van der Waals surface area contributed by atoms with Crippen LogP contribution in [0, 0.1) is 6.92 Å². The molecular weight excluding hydrogens is 386 g/mol. The van der Waals surface area contributed by atoms with E-state index in [1.54, 1.807) is 13.0 Å². The van der Waals surface area contributed by atoms with Crippen LogP contribution in [-0.2, 0) is 10.5 Å². The Morgan fingerprint density at radius 2 is 2.15 bits per heavy atom. The Labute approximate surface area is 165 Å². The Bertz CT molecular complexity index is 923. The van der Waals surface area contributed by atoms with E-state index < -0.39 is 5.97 Å². The van der Waals surface area contributed by atoms with E-state index in [0.29, 0.717) is 34.6 Å². The van der Waals surface area contributed by atoms with Crippen LogP contribution in [-0.4, -0.2) is 29.9 Å². The third-order valence-corrected chi connectivity index (χ3v) is 5.54. The largest absolute Gasteiger partial charge is 0.492 e. The number of methoxy groups -OCH3 is 1. The molecule has 0 amide bonds. The number of benzene rings is 1. The molecule has 142 valence electrons. The van der Waals surface area contributed by atoms with E-state index in [1.807, 2.05) is 31.2 Å². The van der Waals surface area contributed by atoms with Crippen LogP contribution >= 0.6 is 23.1 Å². The van der Waals surface area contributed by atoms with E-state index in [1.165, 1.54) is 30.2 Å². The first kappa shape index (κ1) is 19.2. The number of ether oxygens (including phenoxy) is 2. The Morgan fingerprint density at radius 3 is 2.93 bits per heavy atom. The lowest BCUT2D eigenvalue weighted by Crippen LogP contribution is -2.00. The maximum absolute atomic E-state index is 11.6. The molecule has 9 heteroatoms. The highest BCUT2D eigenvalue weighted by atomic mass is 32.2. The highest BCUT2D eigenvalue weighted by molar-refractivity contribution is 8.00. The van der Waals surface area contributed by atoms with E-state index in [4.69, 9.17) is 13.9 Å². The number of hydrogen-bond acceptors (Lipinski definition) is 9. The predicted molar refractivity (Wildman–Crippen MR) is 105 cm³/mol. The molecule has 0 aliphatic rings. The van der Waals surface area contributed by atoms with Crippen LogP contribution in [0.5, 0.6) is 5.75 Å². The van der Waals surface area contributed by atoms with Crippen LogP contribution in [0.25, 0.3) is 0 Å². The molecule has 2 heterocycles. The van der Waals surface area contributed by atoms with Crippen molar-refractivity contribution < 1.29 is 18.7 Å². The minimum atomic E-state index is -0.400. The lowest BCUT2D eigenvalue weighted by Gasteiger charge is -2.09. The highest BCUT2D eigenvalue weighted by Gasteiger charge is 2.16. The molecule has 0 aliphatic heterocycles. The fourth-order valence-electron chi connectivity index (χ4n) is 2.35. The smallest absolute Gasteiger partial charge is 0.341 e. The minimum absolute atomic E-state index is 0.400. The first-order valence-corrected chi connectivity index (χ1v) is 10.0. The molecule has 0 saturated heterocycles. The van der Waals surface area contributed by atoms with Gasteiger partial charge in [0.05, 0.1) is 25.2 Å². The van der Waals surface area contributed by atoms with Crippen LogP contribution in [0.1, 0.15) is 28.8 Å². The van der Waals surface area contributed by atoms with Gasteiger partial charge in [0.2, 0.25) is 5.13 Å². The molecule has 0 bridgehead atoms. The fourth-order valence-corrected chi connectivity index (χ4v) is 3.99. The molecule has 0 radical (unpaired) electrons. The maximum atomic E-state index is 11.6. The Morgan fingerprint density at radius 1 is 1.33 bits per heavy atom. The van der Waals surface area contributed by atoms with Gasteiger partial charge in [-0.25, -0.2) is 4.79 Å². The van der Waals surface area contributed by atoms with Crippen molar-refractivity contribution in [3.05, 3.63) is 47.4 Å². The average molecular weight is 406 g/mol. The summed E-state index contributed by atoms with van der Waals surface area (Å²) in [5.74, 6) is 2.14. The van der Waals surface area contributed by atoms with Gasteiger partial charge < -0.3 is 19.2 Å². The van der Waals surface area contributed by atoms with Gasteiger partial charge in [0.1, 0.15) is 22.8 Å². The number of hydrogen-bond donors (Lipinski definition) is 1. The summed E-state index contributed by atoms with van der Waals surface area (Å²) in [6.07, 6.45) is 0. The molecule has 27 heavy (non-hydrogen) atoms. The van der Waals surface area contributed by atoms with Gasteiger partial charge in [0.25, 0.3) is 0 Å². The van der Waals surface area contributed by atoms with Gasteiger partial charge in [-0.2, -0.15) is 0 Å². The third kappa shape index (κ3) is 4.81. The summed E-state index contributed by atoms with van der Waals surface area (Å²) >= 11 is 2.92. The minimum Gasteiger partial charge on any atom is -0.492 e. The van der Waals surface area contributed by atoms with Gasteiger partial charge in [0.15, 0.2) is 4.34 Å². The monoisotopic (exact) mass is 405 g/mol. The zero-order valence-corrected chi connectivity index (χ0v) is 16.8. The van der Waals surface area contributed by atoms with Crippen LogP contribution in [0.2, 0.25) is 0 Å². The van der Waals surface area contributed by atoms with Crippen molar-refractivity contribution in [1.29, 1.82) is 0 Å². The van der Waals surface area contributed by atoms with E-state index >= 15 is 0 Å². The van der Waals surface area contributed by atoms with Gasteiger partial charge in [-0.05, 0) is 32.0 Å². The van der Waals surface area contributed by atoms with E-state index in [-0.39, 0.29) is 0 Å². The summed E-state index contributed by atoms with van der Waals surface area (Å²) in [7, 11) is 1.35. The summed E-state index contributed by atoms with van der Waals surface area (Å²) in [5.41, 5.74) is 1.29. The number of carbonyl (C=O) groups is 1. The molecule has 7 nitrogen and oxygen atoms in total. The molecule has 0 aliphatic carbocycles. The number of thioether (sulfide) groups is 1. The third-order valence-electron chi connectivity index (χ3n) is 3.55. The van der Waals surface area contributed by atoms with Crippen LogP contribution in [0.4, 0.5) is 10.8 Å². The summed E-state index contributed by atoms with van der Waals surface area (Å²) in [4.78, 5) is 11.6. The van der Waals surface area contributed by atoms with Gasteiger partial charge in [0, 0.05) is 0 Å². The number of nitrogens with one attached hydrogen (secondary N) is 1. The number of carbonyl (C=O) groups excluding carboxylic acids is 1. The number of aryl methyl sites for hydroxylation is 1. The van der Waals surface area contributed by atoms with Crippen LogP contribution < -0.4 is 10.1 Å². The molecular formula is C18H19N3O4S2. The standard InChI is InChI=1S/C18H19N3O4S2/c1-4-24-15-8-6-5-7-14(15)19-17-20-21-18(27-17)26-10-12-9-13(11(2)25-12)16(22)23-3/h5-9H,4,10H2,1-3H3,(H,19,20). The number of esters is 1. The average Bonchev–Trinajstić information content (AvgIpc) is 3.27. The van der Waals surface area contributed by atoms with Crippen molar-refractivity contribution >= 4 is 39.9 Å². The predicted octanol–water partition coefficient (Wildman–Crippen LogP) is 4.66. The fraction of sp³-hybridized carbons (Fsp3) is 0.278. The molecule has 0 saturated carbocycles. The second kappa shape index (κ2) is 8.92. The van der Waals surface area contributed by atoms with Crippen molar-refractivity contribution in [2.45, 2.75) is 23.9 Å². The zero-order chi connectivity index (χ0) is 19.2. The molecule has 0 unspecified atom stereocenters. The summed E-state index contributed by atoms with van der Waals surface area (Å²) < 4.78 is 16.7. The van der Waals surface area contributed by atoms with Crippen molar-refractivity contribution in [1.82, 2.24) is 10.2 Å². The Kier molecular flexibility index (Phi) is 6.36. The number of furan rings is 1. The number of nitrogens with zero attached hydrogens (tertiary/aromatic N) is 2. The van der Waals surface area contributed by atoms with Gasteiger partial charge in [-0.15, -0.1) is 10.2 Å². The van der Waals surface area contributed by atoms with Crippen LogP contribution in [0.15, 0.2) is 39.1 Å². The number of para-hydroxylation sites is 2. The topological polar surface area (TPSA) is 86.5 Å². The van der Waals surface area contributed by atoms with Crippen molar-refractivity contribution in [3.63, 3.8) is 0 Å². The number of aromatic nitrogens is 2. The number of anilines is 2. The first-order valence-electron chi connectivity index (χ1n) is 8.23. The molecule has 2 aromatic heterocycles. The van der Waals surface area contributed by atoms with Crippen molar-refractivity contribution in [2.24, 2.45) is 0 Å². The lowest BCUT2D eigenvalue weighted by atomic mass is 10.2. The molecule has 3 rings (SSSR count). The SMILES string of the molecule is CCOc1ccccc1Nc1nnc(SCc2cc(C(=O)OC)c(C)o2)s1. The summed E-state index contributed by atoms with van der Waals surface area (Å²) in [6.45, 7) is 4.27. The second-order valence-corrected chi connectivity index (χ2v) is 7.59. The molecule has 0 atom stereocenters. The van der Waals surface area contributed by atoms with Crippen LogP contribution in [0.3, 0.4) is 0 Å². The molecule has 1 aromatic carbocycles. The molecule has 0 spiro atoms. The Hall–Kier alpha value is -2.52. The van der Waals surface area contributed by atoms with E-state index in [2.05, 4.69) is 15.5 Å². The van der Waals surface area contributed by atoms with Gasteiger partial charge in [-0.1, -0.05) is 35.2 Å². The van der Waals surface area contributed by atoms with Crippen molar-refractivity contribution in [2.75, 3.05) is 19.0 Å². The quantitative estimate of drug-likeness (QED) is 0.428.